The summed E-state index contributed by atoms with van der Waals surface area (Å²) in [6, 6.07) is 7.40. The number of carbonyl (C=O) groups is 2. The summed E-state index contributed by atoms with van der Waals surface area (Å²) in [5.74, 6) is -0.810. The molecule has 2 heterocycles. The van der Waals surface area contributed by atoms with E-state index < -0.39 is 17.5 Å². The summed E-state index contributed by atoms with van der Waals surface area (Å²) < 4.78 is 9.47. The predicted molar refractivity (Wildman–Crippen MR) is 114 cm³/mol. The van der Waals surface area contributed by atoms with Gasteiger partial charge in [0.1, 0.15) is 15.5 Å². The quantitative estimate of drug-likeness (QED) is 0.533. The zero-order chi connectivity index (χ0) is 21.8. The van der Waals surface area contributed by atoms with Crippen molar-refractivity contribution in [1.82, 2.24) is 15.3 Å². The number of aromatic nitrogens is 2. The van der Waals surface area contributed by atoms with Crippen molar-refractivity contribution in [2.45, 2.75) is 25.9 Å². The lowest BCUT2D eigenvalue weighted by molar-refractivity contribution is -0.139. The zero-order valence-corrected chi connectivity index (χ0v) is 18.1. The number of esters is 2. The summed E-state index contributed by atoms with van der Waals surface area (Å²) in [4.78, 5) is 44.3. The fourth-order valence-corrected chi connectivity index (χ4v) is 4.45. The van der Waals surface area contributed by atoms with E-state index >= 15 is 0 Å². The lowest BCUT2D eigenvalue weighted by atomic mass is 10.1. The first-order valence-corrected chi connectivity index (χ1v) is 10.2. The number of hydrogen-bond donors (Lipinski definition) is 2. The normalized spacial score (nSPS) is 12.0. The molecule has 0 aliphatic rings. The molecule has 3 aromatic rings. The molecule has 0 aliphatic heterocycles. The molecule has 0 aliphatic carbocycles. The van der Waals surface area contributed by atoms with Crippen molar-refractivity contribution < 1.29 is 19.1 Å². The van der Waals surface area contributed by atoms with Crippen LogP contribution in [0.15, 0.2) is 29.1 Å². The van der Waals surface area contributed by atoms with E-state index in [2.05, 4.69) is 20.0 Å². The molecule has 0 bridgehead atoms. The lowest BCUT2D eigenvalue weighted by Gasteiger charge is -2.15. The molecule has 0 saturated carbocycles. The Morgan fingerprint density at radius 2 is 2.00 bits per heavy atom. The fraction of sp³-hybridized carbons (Fsp3) is 0.300. The van der Waals surface area contributed by atoms with E-state index in [1.54, 1.807) is 0 Å². The number of carbonyl (C=O) groups excluding carboxylic acids is 2. The highest BCUT2D eigenvalue weighted by Crippen LogP contribution is 2.29. The van der Waals surface area contributed by atoms with Crippen molar-refractivity contribution in [1.29, 1.82) is 0 Å². The standard InChI is InChI=1S/C20H20ClN3O5S/c1-10(11-6-4-5-7-13(11)21)22-9-14-23-18(26)16-12(8-15(25)28-2)17(20(27)29-3)30-19(16)24-14/h4-7,10,22H,8-9H2,1-3H3,(H,23,24,26)/t10-/m0/s1. The van der Waals surface area contributed by atoms with Crippen molar-refractivity contribution >= 4 is 45.1 Å². The SMILES string of the molecule is COC(=O)Cc1c(C(=O)OC)sc2nc(CN[C@@H](C)c3ccccc3Cl)[nH]c(=O)c12. The van der Waals surface area contributed by atoms with Gasteiger partial charge in [0.15, 0.2) is 0 Å². The van der Waals surface area contributed by atoms with E-state index in [0.29, 0.717) is 15.7 Å². The van der Waals surface area contributed by atoms with E-state index in [1.807, 2.05) is 31.2 Å². The third-order valence-electron chi connectivity index (χ3n) is 4.58. The van der Waals surface area contributed by atoms with Crippen molar-refractivity contribution in [3.63, 3.8) is 0 Å². The molecule has 0 amide bonds. The zero-order valence-electron chi connectivity index (χ0n) is 16.6. The molecule has 8 nitrogen and oxygen atoms in total. The molecular formula is C20H20ClN3O5S. The third-order valence-corrected chi connectivity index (χ3v) is 6.03. The number of fused-ring (bicyclic) bond motifs is 1. The van der Waals surface area contributed by atoms with Gasteiger partial charge in [-0.3, -0.25) is 9.59 Å². The average Bonchev–Trinajstić information content (AvgIpc) is 3.10. The summed E-state index contributed by atoms with van der Waals surface area (Å²) in [7, 11) is 2.47. The van der Waals surface area contributed by atoms with Crippen LogP contribution >= 0.6 is 22.9 Å². The molecule has 0 fully saturated rings. The minimum atomic E-state index is -0.636. The molecule has 3 rings (SSSR count). The van der Waals surface area contributed by atoms with Crippen LogP contribution in [0.1, 0.15) is 39.6 Å². The van der Waals surface area contributed by atoms with Gasteiger partial charge in [0.25, 0.3) is 5.56 Å². The van der Waals surface area contributed by atoms with Gasteiger partial charge >= 0.3 is 11.9 Å². The number of nitrogens with zero attached hydrogens (tertiary/aromatic N) is 1. The third kappa shape index (κ3) is 4.53. The van der Waals surface area contributed by atoms with Crippen LogP contribution in [0.2, 0.25) is 5.02 Å². The van der Waals surface area contributed by atoms with Crippen LogP contribution < -0.4 is 10.9 Å². The van der Waals surface area contributed by atoms with Crippen molar-refractivity contribution in [2.75, 3.05) is 14.2 Å². The number of nitrogens with one attached hydrogen (secondary N) is 2. The highest BCUT2D eigenvalue weighted by atomic mass is 35.5. The highest BCUT2D eigenvalue weighted by molar-refractivity contribution is 7.20. The molecule has 30 heavy (non-hydrogen) atoms. The van der Waals surface area contributed by atoms with Gasteiger partial charge in [-0.25, -0.2) is 9.78 Å². The van der Waals surface area contributed by atoms with Crippen LogP contribution in [0.4, 0.5) is 0 Å². The monoisotopic (exact) mass is 449 g/mol. The first-order valence-electron chi connectivity index (χ1n) is 9.03. The number of H-pyrrole nitrogens is 1. The molecule has 0 spiro atoms. The minimum Gasteiger partial charge on any atom is -0.469 e. The van der Waals surface area contributed by atoms with E-state index in [0.717, 1.165) is 16.9 Å². The molecule has 2 N–H and O–H groups in total. The first-order chi connectivity index (χ1) is 14.3. The van der Waals surface area contributed by atoms with Crippen LogP contribution in [0.5, 0.6) is 0 Å². The maximum atomic E-state index is 12.7. The number of aromatic amines is 1. The number of benzene rings is 1. The second kappa shape index (κ2) is 9.38. The van der Waals surface area contributed by atoms with Crippen LogP contribution in [0.25, 0.3) is 10.2 Å². The Bertz CT molecular complexity index is 1160. The summed E-state index contributed by atoms with van der Waals surface area (Å²) >= 11 is 7.24. The molecule has 0 unspecified atom stereocenters. The van der Waals surface area contributed by atoms with E-state index in [1.165, 1.54) is 14.2 Å². The van der Waals surface area contributed by atoms with Gasteiger partial charge in [0.2, 0.25) is 0 Å². The van der Waals surface area contributed by atoms with Crippen LogP contribution in [-0.4, -0.2) is 36.1 Å². The van der Waals surface area contributed by atoms with Crippen molar-refractivity contribution in [3.8, 4) is 0 Å². The summed E-state index contributed by atoms with van der Waals surface area (Å²) in [5.41, 5.74) is 0.742. The molecule has 0 radical (unpaired) electrons. The molecule has 158 valence electrons. The Hall–Kier alpha value is -2.75. The number of methoxy groups -OCH3 is 2. The van der Waals surface area contributed by atoms with Gasteiger partial charge in [-0.1, -0.05) is 29.8 Å². The number of halogens is 1. The van der Waals surface area contributed by atoms with Crippen LogP contribution in [0, 0.1) is 0 Å². The van der Waals surface area contributed by atoms with E-state index in [9.17, 15) is 14.4 Å². The maximum Gasteiger partial charge on any atom is 0.348 e. The number of thiophene rings is 1. The van der Waals surface area contributed by atoms with Crippen molar-refractivity contribution in [2.24, 2.45) is 0 Å². The molecule has 10 heteroatoms. The second-order valence-electron chi connectivity index (χ2n) is 6.47. The Labute approximate surface area is 181 Å². The van der Waals surface area contributed by atoms with Crippen molar-refractivity contribution in [3.05, 3.63) is 61.5 Å². The number of ether oxygens (including phenoxy) is 2. The topological polar surface area (TPSA) is 110 Å². The fourth-order valence-electron chi connectivity index (χ4n) is 3.02. The second-order valence-corrected chi connectivity index (χ2v) is 7.88. The smallest absolute Gasteiger partial charge is 0.348 e. The molecule has 0 saturated heterocycles. The van der Waals surface area contributed by atoms with Gasteiger partial charge in [-0.2, -0.15) is 0 Å². The molecule has 1 aromatic carbocycles. The van der Waals surface area contributed by atoms with Crippen LogP contribution in [0.3, 0.4) is 0 Å². The Morgan fingerprint density at radius 3 is 2.67 bits per heavy atom. The molecule has 2 aromatic heterocycles. The average molecular weight is 450 g/mol. The summed E-state index contributed by atoms with van der Waals surface area (Å²) in [6.07, 6.45) is -0.229. The minimum absolute atomic E-state index is 0.0800. The first kappa shape index (κ1) is 21.9. The lowest BCUT2D eigenvalue weighted by Crippen LogP contribution is -2.22. The van der Waals surface area contributed by atoms with Gasteiger partial charge in [0.05, 0.1) is 32.6 Å². The Kier molecular flexibility index (Phi) is 6.86. The Morgan fingerprint density at radius 1 is 1.27 bits per heavy atom. The van der Waals surface area contributed by atoms with E-state index in [4.69, 9.17) is 16.3 Å². The summed E-state index contributed by atoms with van der Waals surface area (Å²) in [5, 5.41) is 4.10. The highest BCUT2D eigenvalue weighted by Gasteiger charge is 2.24. The number of rotatable bonds is 7. The number of hydrogen-bond acceptors (Lipinski definition) is 8. The Balaban J connectivity index is 1.93. The van der Waals surface area contributed by atoms with Gasteiger partial charge in [-0.15, -0.1) is 11.3 Å². The van der Waals surface area contributed by atoms with Gasteiger partial charge < -0.3 is 19.8 Å². The van der Waals surface area contributed by atoms with Gasteiger partial charge in [0, 0.05) is 16.6 Å². The summed E-state index contributed by atoms with van der Waals surface area (Å²) in [6.45, 7) is 2.22. The maximum absolute atomic E-state index is 12.7. The molecular weight excluding hydrogens is 430 g/mol. The van der Waals surface area contributed by atoms with E-state index in [-0.39, 0.29) is 34.8 Å². The molecule has 1 atom stereocenters. The largest absolute Gasteiger partial charge is 0.469 e. The van der Waals surface area contributed by atoms with Gasteiger partial charge in [-0.05, 0) is 18.6 Å². The predicted octanol–water partition coefficient (Wildman–Crippen LogP) is 2.99. The van der Waals surface area contributed by atoms with Crippen LogP contribution in [-0.2, 0) is 27.2 Å².